The molecule has 3 rings (SSSR count). The van der Waals surface area contributed by atoms with Gasteiger partial charge in [0.25, 0.3) is 0 Å². The van der Waals surface area contributed by atoms with Gasteiger partial charge in [-0.05, 0) is 44.7 Å². The highest BCUT2D eigenvalue weighted by molar-refractivity contribution is 5.89. The first-order valence-corrected chi connectivity index (χ1v) is 8.61. The Morgan fingerprint density at radius 3 is 2.96 bits per heavy atom. The zero-order valence-corrected chi connectivity index (χ0v) is 14.2. The standard InChI is InChI=1S/C19H24N4O/c1-14-17(11-21)16-6-2-3-7-18(16)23(14)13-19(24)22-10-4-5-15(12-22)8-9-20/h2-3,6-7,15H,4-5,8-10,12-13,20H2,1H3. The molecule has 1 aliphatic heterocycles. The van der Waals surface area contributed by atoms with Gasteiger partial charge in [-0.3, -0.25) is 4.79 Å². The molecule has 0 bridgehead atoms. The van der Waals surface area contributed by atoms with Crippen molar-refractivity contribution in [2.75, 3.05) is 19.6 Å². The molecule has 0 spiro atoms. The maximum absolute atomic E-state index is 12.8. The number of nitriles is 1. The zero-order chi connectivity index (χ0) is 17.1. The molecule has 1 atom stereocenters. The molecule has 2 N–H and O–H groups in total. The number of nitrogens with two attached hydrogens (primary N) is 1. The summed E-state index contributed by atoms with van der Waals surface area (Å²) in [7, 11) is 0. The Hall–Kier alpha value is -2.32. The van der Waals surface area contributed by atoms with Crippen LogP contribution in [0.15, 0.2) is 24.3 Å². The fraction of sp³-hybridized carbons (Fsp3) is 0.474. The van der Waals surface area contributed by atoms with Gasteiger partial charge in [-0.2, -0.15) is 5.26 Å². The van der Waals surface area contributed by atoms with E-state index >= 15 is 0 Å². The molecule has 1 unspecified atom stereocenters. The van der Waals surface area contributed by atoms with Crippen molar-refractivity contribution in [1.82, 2.24) is 9.47 Å². The van der Waals surface area contributed by atoms with E-state index in [2.05, 4.69) is 6.07 Å². The molecule has 2 heterocycles. The number of nitrogens with zero attached hydrogens (tertiary/aromatic N) is 3. The minimum absolute atomic E-state index is 0.130. The summed E-state index contributed by atoms with van der Waals surface area (Å²) >= 11 is 0. The summed E-state index contributed by atoms with van der Waals surface area (Å²) in [6.45, 7) is 4.52. The van der Waals surface area contributed by atoms with Gasteiger partial charge in [0.15, 0.2) is 0 Å². The van der Waals surface area contributed by atoms with Crippen molar-refractivity contribution in [1.29, 1.82) is 5.26 Å². The Morgan fingerprint density at radius 1 is 1.42 bits per heavy atom. The van der Waals surface area contributed by atoms with E-state index in [-0.39, 0.29) is 5.91 Å². The molecule has 0 radical (unpaired) electrons. The maximum Gasteiger partial charge on any atom is 0.242 e. The maximum atomic E-state index is 12.8. The number of amides is 1. The second-order valence-electron chi connectivity index (χ2n) is 6.60. The number of hydrogen-bond donors (Lipinski definition) is 1. The van der Waals surface area contributed by atoms with Gasteiger partial charge in [0, 0.05) is 24.2 Å². The zero-order valence-electron chi connectivity index (χ0n) is 14.2. The van der Waals surface area contributed by atoms with Crippen LogP contribution in [0.4, 0.5) is 0 Å². The SMILES string of the molecule is Cc1c(C#N)c2ccccc2n1CC(=O)N1CCCC(CCN)C1. The predicted molar refractivity (Wildman–Crippen MR) is 94.4 cm³/mol. The fourth-order valence-corrected chi connectivity index (χ4v) is 3.77. The molecule has 1 aromatic heterocycles. The highest BCUT2D eigenvalue weighted by Gasteiger charge is 2.24. The van der Waals surface area contributed by atoms with Crippen LogP contribution in [-0.2, 0) is 11.3 Å². The third-order valence-corrected chi connectivity index (χ3v) is 5.08. The van der Waals surface area contributed by atoms with E-state index < -0.39 is 0 Å². The minimum atomic E-state index is 0.130. The van der Waals surface area contributed by atoms with Crippen LogP contribution in [0, 0.1) is 24.2 Å². The summed E-state index contributed by atoms with van der Waals surface area (Å²) in [5, 5.41) is 10.4. The molecule has 1 fully saturated rings. The Bertz CT molecular complexity index is 784. The number of aromatic nitrogens is 1. The first-order chi connectivity index (χ1) is 11.7. The van der Waals surface area contributed by atoms with Crippen LogP contribution in [0.3, 0.4) is 0 Å². The van der Waals surface area contributed by atoms with Crippen LogP contribution in [0.5, 0.6) is 0 Å². The summed E-state index contributed by atoms with van der Waals surface area (Å²) in [4.78, 5) is 14.8. The monoisotopic (exact) mass is 324 g/mol. The van der Waals surface area contributed by atoms with Gasteiger partial charge in [-0.1, -0.05) is 18.2 Å². The predicted octanol–water partition coefficient (Wildman–Crippen LogP) is 2.41. The van der Waals surface area contributed by atoms with Crippen molar-refractivity contribution in [3.8, 4) is 6.07 Å². The van der Waals surface area contributed by atoms with E-state index in [1.54, 1.807) is 0 Å². The molecule has 5 nitrogen and oxygen atoms in total. The smallest absolute Gasteiger partial charge is 0.242 e. The van der Waals surface area contributed by atoms with Gasteiger partial charge in [0.05, 0.1) is 11.1 Å². The Labute approximate surface area is 142 Å². The van der Waals surface area contributed by atoms with Crippen molar-refractivity contribution in [2.24, 2.45) is 11.7 Å². The van der Waals surface area contributed by atoms with Gasteiger partial charge >= 0.3 is 0 Å². The van der Waals surface area contributed by atoms with Gasteiger partial charge in [0.2, 0.25) is 5.91 Å². The van der Waals surface area contributed by atoms with Crippen LogP contribution < -0.4 is 5.73 Å². The number of piperidine rings is 1. The van der Waals surface area contributed by atoms with Crippen molar-refractivity contribution in [2.45, 2.75) is 32.7 Å². The van der Waals surface area contributed by atoms with Gasteiger partial charge < -0.3 is 15.2 Å². The van der Waals surface area contributed by atoms with E-state index in [9.17, 15) is 10.1 Å². The average molecular weight is 324 g/mol. The van der Waals surface area contributed by atoms with E-state index in [0.29, 0.717) is 24.6 Å². The van der Waals surface area contributed by atoms with E-state index in [1.165, 1.54) is 0 Å². The van der Waals surface area contributed by atoms with E-state index in [4.69, 9.17) is 5.73 Å². The number of carbonyl (C=O) groups is 1. The molecule has 5 heteroatoms. The van der Waals surface area contributed by atoms with Crippen LogP contribution >= 0.6 is 0 Å². The molecule has 1 aliphatic rings. The molecular weight excluding hydrogens is 300 g/mol. The Morgan fingerprint density at radius 2 is 2.21 bits per heavy atom. The van der Waals surface area contributed by atoms with Crippen molar-refractivity contribution in [3.05, 3.63) is 35.5 Å². The first-order valence-electron chi connectivity index (χ1n) is 8.61. The summed E-state index contributed by atoms with van der Waals surface area (Å²) < 4.78 is 1.97. The first kappa shape index (κ1) is 16.5. The van der Waals surface area contributed by atoms with Gasteiger partial charge in [0.1, 0.15) is 12.6 Å². The number of fused-ring (bicyclic) bond motifs is 1. The van der Waals surface area contributed by atoms with Gasteiger partial charge in [-0.15, -0.1) is 0 Å². The largest absolute Gasteiger partial charge is 0.341 e. The molecule has 1 saturated heterocycles. The molecule has 2 aromatic rings. The number of benzene rings is 1. The quantitative estimate of drug-likeness (QED) is 0.938. The summed E-state index contributed by atoms with van der Waals surface area (Å²) in [6, 6.07) is 10.1. The third kappa shape index (κ3) is 3.02. The molecule has 1 aromatic carbocycles. The summed E-state index contributed by atoms with van der Waals surface area (Å²) in [5.74, 6) is 0.648. The number of para-hydroxylation sites is 1. The second-order valence-corrected chi connectivity index (χ2v) is 6.60. The summed E-state index contributed by atoms with van der Waals surface area (Å²) in [5.41, 5.74) is 8.15. The lowest BCUT2D eigenvalue weighted by Gasteiger charge is -2.33. The van der Waals surface area contributed by atoms with Crippen molar-refractivity contribution >= 4 is 16.8 Å². The van der Waals surface area contributed by atoms with Crippen LogP contribution in [0.2, 0.25) is 0 Å². The molecule has 1 amide bonds. The highest BCUT2D eigenvalue weighted by atomic mass is 16.2. The highest BCUT2D eigenvalue weighted by Crippen LogP contribution is 2.26. The average Bonchev–Trinajstić information content (AvgIpc) is 2.87. The molecular formula is C19H24N4O. The lowest BCUT2D eigenvalue weighted by atomic mass is 9.95. The van der Waals surface area contributed by atoms with E-state index in [1.807, 2.05) is 40.7 Å². The molecule has 24 heavy (non-hydrogen) atoms. The minimum Gasteiger partial charge on any atom is -0.341 e. The number of likely N-dealkylation sites (tertiary alicyclic amines) is 1. The van der Waals surface area contributed by atoms with E-state index in [0.717, 1.165) is 48.9 Å². The normalized spacial score (nSPS) is 17.9. The fourth-order valence-electron chi connectivity index (χ4n) is 3.77. The van der Waals surface area contributed by atoms with Gasteiger partial charge in [-0.25, -0.2) is 0 Å². The second kappa shape index (κ2) is 7.06. The lowest BCUT2D eigenvalue weighted by molar-refractivity contribution is -0.133. The number of hydrogen-bond acceptors (Lipinski definition) is 3. The summed E-state index contributed by atoms with van der Waals surface area (Å²) in [6.07, 6.45) is 3.18. The number of rotatable bonds is 4. The third-order valence-electron chi connectivity index (χ3n) is 5.08. The van der Waals surface area contributed by atoms with Crippen molar-refractivity contribution < 1.29 is 4.79 Å². The Balaban J connectivity index is 1.84. The van der Waals surface area contributed by atoms with Crippen LogP contribution in [0.25, 0.3) is 10.9 Å². The van der Waals surface area contributed by atoms with Crippen molar-refractivity contribution in [3.63, 3.8) is 0 Å². The number of carbonyl (C=O) groups excluding carboxylic acids is 1. The van der Waals surface area contributed by atoms with Crippen LogP contribution in [0.1, 0.15) is 30.5 Å². The lowest BCUT2D eigenvalue weighted by Crippen LogP contribution is -2.42. The molecule has 0 aliphatic carbocycles. The topological polar surface area (TPSA) is 75.0 Å². The van der Waals surface area contributed by atoms with Crippen LogP contribution in [-0.4, -0.2) is 35.0 Å². The Kier molecular flexibility index (Phi) is 4.86. The molecule has 0 saturated carbocycles. The molecule has 126 valence electrons.